The lowest BCUT2D eigenvalue weighted by Gasteiger charge is -2.15. The molecule has 0 aromatic heterocycles. The van der Waals surface area contributed by atoms with Crippen LogP contribution in [0.2, 0.25) is 0 Å². The molecular weight excluding hydrogens is 813 g/mol. The van der Waals surface area contributed by atoms with Crippen molar-refractivity contribution in [3.8, 4) is 0 Å². The number of carbonyl (C=O) groups is 2. The van der Waals surface area contributed by atoms with Crippen molar-refractivity contribution in [2.75, 3.05) is 13.2 Å². The van der Waals surface area contributed by atoms with E-state index in [9.17, 15) is 14.7 Å². The third kappa shape index (κ3) is 53.4. The van der Waals surface area contributed by atoms with Crippen LogP contribution in [-0.2, 0) is 19.1 Å². The summed E-state index contributed by atoms with van der Waals surface area (Å²) in [6.07, 6.45) is 79.4. The smallest absolute Gasteiger partial charge is 0.306 e. The Kier molecular flexibility index (Phi) is 53.4. The minimum atomic E-state index is -0.782. The van der Waals surface area contributed by atoms with Crippen LogP contribution in [-0.4, -0.2) is 36.4 Å². The maximum Gasteiger partial charge on any atom is 0.306 e. The quantitative estimate of drug-likeness (QED) is 0.0374. The number of esters is 2. The van der Waals surface area contributed by atoms with E-state index in [1.807, 2.05) is 0 Å². The highest BCUT2D eigenvalue weighted by Gasteiger charge is 2.16. The van der Waals surface area contributed by atoms with Crippen LogP contribution in [0.25, 0.3) is 0 Å². The number of aliphatic hydroxyl groups is 1. The van der Waals surface area contributed by atoms with E-state index >= 15 is 0 Å². The zero-order chi connectivity index (χ0) is 47.7. The van der Waals surface area contributed by atoms with E-state index in [1.165, 1.54) is 148 Å². The number of rotatable bonds is 50. The van der Waals surface area contributed by atoms with E-state index in [0.717, 1.165) is 83.5 Å². The van der Waals surface area contributed by atoms with Crippen molar-refractivity contribution in [1.29, 1.82) is 0 Å². The van der Waals surface area contributed by atoms with Gasteiger partial charge >= 0.3 is 11.9 Å². The Morgan fingerprint density at radius 2 is 0.652 bits per heavy atom. The van der Waals surface area contributed by atoms with E-state index < -0.39 is 6.10 Å². The Morgan fingerprint density at radius 3 is 0.985 bits per heavy atom. The second-order valence-electron chi connectivity index (χ2n) is 18.3. The van der Waals surface area contributed by atoms with Crippen molar-refractivity contribution < 1.29 is 24.2 Å². The van der Waals surface area contributed by atoms with Gasteiger partial charge in [0, 0.05) is 12.8 Å². The molecular formula is C61H104O5. The summed E-state index contributed by atoms with van der Waals surface area (Å²) < 4.78 is 10.7. The zero-order valence-electron chi connectivity index (χ0n) is 43.2. The first-order valence-electron chi connectivity index (χ1n) is 27.8. The van der Waals surface area contributed by atoms with E-state index in [-0.39, 0.29) is 25.2 Å². The van der Waals surface area contributed by atoms with Crippen molar-refractivity contribution >= 4 is 11.9 Å². The lowest BCUT2D eigenvalue weighted by molar-refractivity contribution is -0.161. The Labute approximate surface area is 408 Å². The van der Waals surface area contributed by atoms with Gasteiger partial charge in [-0.15, -0.1) is 0 Å². The summed E-state index contributed by atoms with van der Waals surface area (Å²) in [6, 6.07) is 0. The molecule has 0 saturated carbocycles. The number of unbranched alkanes of at least 4 members (excludes halogenated alkanes) is 26. The molecule has 0 spiro atoms. The summed E-state index contributed by atoms with van der Waals surface area (Å²) in [5.74, 6) is -0.598. The fraction of sp³-hybridized carbons (Fsp3) is 0.705. The van der Waals surface area contributed by atoms with Crippen molar-refractivity contribution in [2.24, 2.45) is 0 Å². The summed E-state index contributed by atoms with van der Waals surface area (Å²) in [6.45, 7) is 4.02. The molecule has 5 heteroatoms. The fourth-order valence-electron chi connectivity index (χ4n) is 7.71. The first-order valence-corrected chi connectivity index (χ1v) is 27.8. The second-order valence-corrected chi connectivity index (χ2v) is 18.3. The molecule has 66 heavy (non-hydrogen) atoms. The molecule has 1 atom stereocenters. The largest absolute Gasteiger partial charge is 0.462 e. The molecule has 0 aliphatic heterocycles. The van der Waals surface area contributed by atoms with E-state index in [1.54, 1.807) is 0 Å². The second kappa shape index (κ2) is 56.1. The van der Waals surface area contributed by atoms with Gasteiger partial charge in [-0.25, -0.2) is 0 Å². The van der Waals surface area contributed by atoms with Gasteiger partial charge in [-0.1, -0.05) is 246 Å². The van der Waals surface area contributed by atoms with Crippen LogP contribution < -0.4 is 0 Å². The molecule has 1 unspecified atom stereocenters. The highest BCUT2D eigenvalue weighted by atomic mass is 16.6. The van der Waals surface area contributed by atoms with Crippen LogP contribution in [0, 0.1) is 0 Å². The maximum absolute atomic E-state index is 12.3. The first kappa shape index (κ1) is 62.8. The average molecular weight is 917 g/mol. The summed E-state index contributed by atoms with van der Waals surface area (Å²) in [7, 11) is 0. The molecule has 1 N–H and O–H groups in total. The molecule has 0 heterocycles. The molecule has 0 fully saturated rings. The topological polar surface area (TPSA) is 72.8 Å². The van der Waals surface area contributed by atoms with Gasteiger partial charge in [0.05, 0.1) is 6.61 Å². The van der Waals surface area contributed by atoms with Crippen molar-refractivity contribution in [3.63, 3.8) is 0 Å². The van der Waals surface area contributed by atoms with Crippen molar-refractivity contribution in [1.82, 2.24) is 0 Å². The number of hydrogen-bond donors (Lipinski definition) is 1. The monoisotopic (exact) mass is 917 g/mol. The number of carbonyl (C=O) groups excluding carboxylic acids is 2. The minimum Gasteiger partial charge on any atom is -0.462 e. The molecule has 0 aliphatic carbocycles. The maximum atomic E-state index is 12.3. The molecule has 0 rings (SSSR count). The van der Waals surface area contributed by atoms with Gasteiger partial charge in [-0.2, -0.15) is 0 Å². The molecule has 0 aromatic rings. The minimum absolute atomic E-state index is 0.0730. The average Bonchev–Trinajstić information content (AvgIpc) is 3.32. The summed E-state index contributed by atoms with van der Waals surface area (Å²) >= 11 is 0. The Hall–Kier alpha value is -3.18. The van der Waals surface area contributed by atoms with Crippen LogP contribution in [0.4, 0.5) is 0 Å². The van der Waals surface area contributed by atoms with E-state index in [2.05, 4.69) is 111 Å². The summed E-state index contributed by atoms with van der Waals surface area (Å²) in [5, 5.41) is 9.65. The van der Waals surface area contributed by atoms with Crippen LogP contribution in [0.1, 0.15) is 258 Å². The highest BCUT2D eigenvalue weighted by Crippen LogP contribution is 2.15. The summed E-state index contributed by atoms with van der Waals surface area (Å²) in [4.78, 5) is 24.5. The molecule has 378 valence electrons. The molecule has 0 amide bonds. The number of ether oxygens (including phenoxy) is 2. The van der Waals surface area contributed by atoms with Gasteiger partial charge in [0.25, 0.3) is 0 Å². The predicted molar refractivity (Wildman–Crippen MR) is 288 cm³/mol. The first-order chi connectivity index (χ1) is 32.6. The zero-order valence-corrected chi connectivity index (χ0v) is 43.2. The van der Waals surface area contributed by atoms with Gasteiger partial charge in [0.2, 0.25) is 0 Å². The highest BCUT2D eigenvalue weighted by molar-refractivity contribution is 5.70. The van der Waals surface area contributed by atoms with Gasteiger partial charge in [-0.3, -0.25) is 9.59 Å². The third-order valence-corrected chi connectivity index (χ3v) is 11.9. The van der Waals surface area contributed by atoms with E-state index in [0.29, 0.717) is 12.8 Å². The molecule has 0 aliphatic rings. The Bertz CT molecular complexity index is 1270. The number of allylic oxidation sites excluding steroid dienone is 16. The Morgan fingerprint density at radius 1 is 0.364 bits per heavy atom. The van der Waals surface area contributed by atoms with Gasteiger partial charge < -0.3 is 14.6 Å². The van der Waals surface area contributed by atoms with E-state index in [4.69, 9.17) is 9.47 Å². The fourth-order valence-corrected chi connectivity index (χ4v) is 7.71. The number of hydrogen-bond acceptors (Lipinski definition) is 5. The molecule has 0 aromatic carbocycles. The lowest BCUT2D eigenvalue weighted by Crippen LogP contribution is -2.28. The lowest BCUT2D eigenvalue weighted by atomic mass is 10.0. The molecule has 0 saturated heterocycles. The third-order valence-electron chi connectivity index (χ3n) is 11.9. The Balaban J connectivity index is 3.53. The number of aliphatic hydroxyl groups excluding tert-OH is 1. The van der Waals surface area contributed by atoms with Gasteiger partial charge in [0.1, 0.15) is 6.61 Å². The molecule has 0 radical (unpaired) electrons. The summed E-state index contributed by atoms with van der Waals surface area (Å²) in [5.41, 5.74) is 0. The van der Waals surface area contributed by atoms with Crippen molar-refractivity contribution in [2.45, 2.75) is 264 Å². The van der Waals surface area contributed by atoms with Crippen LogP contribution in [0.15, 0.2) is 97.2 Å². The molecule has 0 bridgehead atoms. The van der Waals surface area contributed by atoms with Gasteiger partial charge in [0.15, 0.2) is 6.10 Å². The van der Waals surface area contributed by atoms with Crippen LogP contribution >= 0.6 is 0 Å². The van der Waals surface area contributed by atoms with Gasteiger partial charge in [-0.05, 0) is 96.3 Å². The normalized spacial score (nSPS) is 13.0. The van der Waals surface area contributed by atoms with Crippen molar-refractivity contribution in [3.05, 3.63) is 97.2 Å². The molecule has 5 nitrogen and oxygen atoms in total. The van der Waals surface area contributed by atoms with Crippen LogP contribution in [0.5, 0.6) is 0 Å². The predicted octanol–water partition coefficient (Wildman–Crippen LogP) is 18.7. The standard InChI is InChI=1S/C61H104O5/c1-3-5-7-9-11-13-15-17-19-21-23-25-27-29-30-32-34-36-38-40-42-44-46-48-50-52-54-56-61(64)66-59(57-62)58-65-60(63)55-53-51-49-47-45-43-41-39-37-35-33-31-28-26-24-22-20-18-16-14-12-10-8-6-4-2/h5,7,11,13,16-19,22-25,28-31,59,62H,3-4,6,8-10,12,14-15,20-21,26-27,32-58H2,1-2H3/b7-5-,13-11-,18-16-,19-17-,24-22-,25-23-,30-29-,31-28-. The van der Waals surface area contributed by atoms with Crippen LogP contribution in [0.3, 0.4) is 0 Å². The SMILES string of the molecule is CC/C=C\C/C=C\C/C=C\C/C=C\C/C=C\CCCCCCCCCCCCCC(=O)OC(CO)COC(=O)CCCCCCCCCCCC/C=C\C/C=C\C/C=C\CCCCCCC.